The van der Waals surface area contributed by atoms with E-state index in [-0.39, 0.29) is 11.8 Å². The summed E-state index contributed by atoms with van der Waals surface area (Å²) in [7, 11) is 0. The van der Waals surface area contributed by atoms with Crippen molar-refractivity contribution >= 4 is 46.4 Å². The fraction of sp³-hybridized carbons (Fsp3) is 0.423. The van der Waals surface area contributed by atoms with Crippen molar-refractivity contribution in [3.8, 4) is 0 Å². The number of ether oxygens (including phenoxy) is 1. The third-order valence-corrected chi connectivity index (χ3v) is 6.96. The summed E-state index contributed by atoms with van der Waals surface area (Å²) in [5.74, 6) is -2.87. The van der Waals surface area contributed by atoms with Gasteiger partial charge in [0, 0.05) is 35.2 Å². The zero-order valence-corrected chi connectivity index (χ0v) is 20.4. The average molecular weight is 500 g/mol. The van der Waals surface area contributed by atoms with Crippen molar-refractivity contribution in [1.29, 1.82) is 0 Å². The fourth-order valence-corrected chi connectivity index (χ4v) is 4.94. The number of hydrogen-bond acceptors (Lipinski definition) is 5. The van der Waals surface area contributed by atoms with Crippen LogP contribution in [0.2, 0.25) is 5.02 Å². The predicted octanol–water partition coefficient (Wildman–Crippen LogP) is 4.57. The van der Waals surface area contributed by atoms with Crippen molar-refractivity contribution < 1.29 is 24.2 Å². The molecule has 2 aromatic rings. The Morgan fingerprint density at radius 3 is 2.43 bits per heavy atom. The number of morpholine rings is 1. The van der Waals surface area contributed by atoms with Gasteiger partial charge >= 0.3 is 5.97 Å². The number of anilines is 3. The molecule has 1 saturated heterocycles. The summed E-state index contributed by atoms with van der Waals surface area (Å²) in [4.78, 5) is 40.2. The number of benzene rings is 2. The van der Waals surface area contributed by atoms with E-state index in [1.807, 2.05) is 19.1 Å². The molecular formula is C26H30ClN3O5. The largest absolute Gasteiger partial charge is 0.481 e. The Labute approximate surface area is 209 Å². The lowest BCUT2D eigenvalue weighted by Crippen LogP contribution is -2.37. The molecule has 3 N–H and O–H groups in total. The van der Waals surface area contributed by atoms with Gasteiger partial charge in [-0.15, -0.1) is 0 Å². The monoisotopic (exact) mass is 499 g/mol. The number of nitrogens with one attached hydrogen (secondary N) is 2. The molecular weight excluding hydrogens is 470 g/mol. The number of carboxylic acid groups (broad SMARTS) is 1. The molecule has 8 nitrogen and oxygen atoms in total. The molecule has 0 aromatic heterocycles. The minimum absolute atomic E-state index is 0.325. The van der Waals surface area contributed by atoms with Crippen molar-refractivity contribution in [2.45, 2.75) is 32.6 Å². The highest BCUT2D eigenvalue weighted by molar-refractivity contribution is 6.31. The number of carbonyl (C=O) groups excluding carboxylic acids is 2. The minimum Gasteiger partial charge on any atom is -0.481 e. The predicted molar refractivity (Wildman–Crippen MR) is 135 cm³/mol. The molecule has 2 fully saturated rings. The third-order valence-electron chi connectivity index (χ3n) is 6.73. The first-order valence-electron chi connectivity index (χ1n) is 11.9. The number of aryl methyl sites for hydroxylation is 1. The zero-order valence-electron chi connectivity index (χ0n) is 19.7. The second kappa shape index (κ2) is 11.1. The highest BCUT2D eigenvalue weighted by Gasteiger charge is 2.35. The van der Waals surface area contributed by atoms with Crippen LogP contribution in [-0.2, 0) is 14.3 Å². The van der Waals surface area contributed by atoms with Crippen LogP contribution in [0.5, 0.6) is 0 Å². The normalized spacial score (nSPS) is 20.2. The molecule has 2 atom stereocenters. The minimum atomic E-state index is -0.940. The Morgan fingerprint density at radius 1 is 1.00 bits per heavy atom. The van der Waals surface area contributed by atoms with E-state index in [0.29, 0.717) is 61.1 Å². The first-order chi connectivity index (χ1) is 16.8. The van der Waals surface area contributed by atoms with Gasteiger partial charge in [0.2, 0.25) is 5.91 Å². The summed E-state index contributed by atoms with van der Waals surface area (Å²) < 4.78 is 5.46. The summed E-state index contributed by atoms with van der Waals surface area (Å²) in [6.45, 7) is 4.29. The van der Waals surface area contributed by atoms with Crippen LogP contribution in [-0.4, -0.2) is 49.2 Å². The number of rotatable bonds is 6. The molecule has 186 valence electrons. The van der Waals surface area contributed by atoms with Gasteiger partial charge in [-0.25, -0.2) is 0 Å². The first kappa shape index (κ1) is 25.0. The fourth-order valence-electron chi connectivity index (χ4n) is 4.77. The quantitative estimate of drug-likeness (QED) is 0.537. The number of nitrogens with zero attached hydrogens (tertiary/aromatic N) is 1. The van der Waals surface area contributed by atoms with Crippen LogP contribution in [0.15, 0.2) is 36.4 Å². The van der Waals surface area contributed by atoms with Crippen LogP contribution in [0, 0.1) is 18.8 Å². The lowest BCUT2D eigenvalue weighted by molar-refractivity contribution is -0.147. The second-order valence-corrected chi connectivity index (χ2v) is 9.51. The van der Waals surface area contributed by atoms with Crippen LogP contribution in [0.1, 0.15) is 41.6 Å². The topological polar surface area (TPSA) is 108 Å². The zero-order chi connectivity index (χ0) is 24.9. The number of amides is 2. The molecule has 35 heavy (non-hydrogen) atoms. The molecule has 1 aliphatic heterocycles. The smallest absolute Gasteiger partial charge is 0.307 e. The molecule has 1 aliphatic carbocycles. The van der Waals surface area contributed by atoms with E-state index in [9.17, 15) is 19.5 Å². The first-order valence-corrected chi connectivity index (χ1v) is 12.3. The Morgan fingerprint density at radius 2 is 1.71 bits per heavy atom. The molecule has 0 unspecified atom stereocenters. The van der Waals surface area contributed by atoms with Gasteiger partial charge in [-0.3, -0.25) is 14.4 Å². The molecule has 0 spiro atoms. The molecule has 0 bridgehead atoms. The van der Waals surface area contributed by atoms with Crippen LogP contribution < -0.4 is 15.5 Å². The number of aliphatic carboxylic acids is 1. The number of carbonyl (C=O) groups is 3. The standard InChI is InChI=1S/C26H30ClN3O5/c1-16-6-7-17(27)14-22(16)29-25(32)21-15-18(8-9-23(21)30-10-12-35-13-11-30)28-24(31)19-4-2-3-5-20(19)26(33)34/h6-9,14-15,19-20H,2-5,10-13H2,1H3,(H,28,31)(H,29,32)(H,33,34)/t19-,20+/m1/s1. The lowest BCUT2D eigenvalue weighted by Gasteiger charge is -2.31. The summed E-state index contributed by atoms with van der Waals surface area (Å²) in [5.41, 5.74) is 3.08. The van der Waals surface area contributed by atoms with Crippen molar-refractivity contribution in [2.75, 3.05) is 41.8 Å². The van der Waals surface area contributed by atoms with E-state index in [1.54, 1.807) is 24.3 Å². The Hall–Kier alpha value is -3.10. The maximum atomic E-state index is 13.4. The van der Waals surface area contributed by atoms with E-state index in [0.717, 1.165) is 24.1 Å². The van der Waals surface area contributed by atoms with E-state index >= 15 is 0 Å². The van der Waals surface area contributed by atoms with Crippen molar-refractivity contribution in [1.82, 2.24) is 0 Å². The van der Waals surface area contributed by atoms with Crippen molar-refractivity contribution in [2.24, 2.45) is 11.8 Å². The number of halogens is 1. The third kappa shape index (κ3) is 5.94. The number of carboxylic acids is 1. The molecule has 4 rings (SSSR count). The van der Waals surface area contributed by atoms with Gasteiger partial charge < -0.3 is 25.4 Å². The molecule has 1 heterocycles. The molecule has 2 aliphatic rings. The summed E-state index contributed by atoms with van der Waals surface area (Å²) >= 11 is 6.13. The molecule has 2 amide bonds. The SMILES string of the molecule is Cc1ccc(Cl)cc1NC(=O)c1cc(NC(=O)[C@@H]2CCCC[C@@H]2C(=O)O)ccc1N1CCOCC1. The van der Waals surface area contributed by atoms with E-state index in [4.69, 9.17) is 16.3 Å². The highest BCUT2D eigenvalue weighted by Crippen LogP contribution is 2.32. The van der Waals surface area contributed by atoms with Crippen LogP contribution in [0.3, 0.4) is 0 Å². The maximum absolute atomic E-state index is 13.4. The van der Waals surface area contributed by atoms with E-state index < -0.39 is 17.8 Å². The van der Waals surface area contributed by atoms with Gasteiger partial charge in [0.05, 0.1) is 30.6 Å². The maximum Gasteiger partial charge on any atom is 0.307 e. The molecule has 9 heteroatoms. The molecule has 0 radical (unpaired) electrons. The van der Waals surface area contributed by atoms with E-state index in [2.05, 4.69) is 15.5 Å². The Kier molecular flexibility index (Phi) is 7.93. The molecule has 1 saturated carbocycles. The summed E-state index contributed by atoms with van der Waals surface area (Å²) in [6.07, 6.45) is 2.67. The number of hydrogen-bond donors (Lipinski definition) is 3. The summed E-state index contributed by atoms with van der Waals surface area (Å²) in [5, 5.41) is 15.9. The molecule has 2 aromatic carbocycles. The lowest BCUT2D eigenvalue weighted by atomic mass is 9.78. The van der Waals surface area contributed by atoms with Gasteiger partial charge in [-0.2, -0.15) is 0 Å². The highest BCUT2D eigenvalue weighted by atomic mass is 35.5. The van der Waals surface area contributed by atoms with Gasteiger partial charge in [-0.05, 0) is 55.7 Å². The second-order valence-electron chi connectivity index (χ2n) is 9.07. The average Bonchev–Trinajstić information content (AvgIpc) is 2.86. The Bertz CT molecular complexity index is 1120. The van der Waals surface area contributed by atoms with E-state index in [1.165, 1.54) is 0 Å². The van der Waals surface area contributed by atoms with Gasteiger partial charge in [-0.1, -0.05) is 30.5 Å². The van der Waals surface area contributed by atoms with Crippen molar-refractivity contribution in [3.05, 3.63) is 52.5 Å². The Balaban J connectivity index is 1.61. The van der Waals surface area contributed by atoms with Crippen LogP contribution in [0.4, 0.5) is 17.1 Å². The van der Waals surface area contributed by atoms with Gasteiger partial charge in [0.25, 0.3) is 5.91 Å². The van der Waals surface area contributed by atoms with Gasteiger partial charge in [0.1, 0.15) is 0 Å². The van der Waals surface area contributed by atoms with Crippen LogP contribution in [0.25, 0.3) is 0 Å². The van der Waals surface area contributed by atoms with Crippen molar-refractivity contribution in [3.63, 3.8) is 0 Å². The van der Waals surface area contributed by atoms with Crippen LogP contribution >= 0.6 is 11.6 Å². The summed E-state index contributed by atoms with van der Waals surface area (Å²) in [6, 6.07) is 10.5. The van der Waals surface area contributed by atoms with Gasteiger partial charge in [0.15, 0.2) is 0 Å².